The standard InChI is InChI=1S/C6H13NO/c1-2-7-5-6(8)3-4-6/h7-8H,2-5H2,1H3. The van der Waals surface area contributed by atoms with E-state index >= 15 is 0 Å². The first-order chi connectivity index (χ1) is 3.77. The second-order valence-electron chi connectivity index (χ2n) is 2.50. The molecule has 0 saturated heterocycles. The summed E-state index contributed by atoms with van der Waals surface area (Å²) in [5, 5.41) is 12.3. The van der Waals surface area contributed by atoms with Crippen LogP contribution in [0, 0.1) is 0 Å². The molecule has 2 N–H and O–H groups in total. The summed E-state index contributed by atoms with van der Waals surface area (Å²) < 4.78 is 0. The van der Waals surface area contributed by atoms with E-state index in [1.165, 1.54) is 0 Å². The van der Waals surface area contributed by atoms with Gasteiger partial charge in [0.15, 0.2) is 0 Å². The number of hydrogen-bond acceptors (Lipinski definition) is 2. The van der Waals surface area contributed by atoms with Gasteiger partial charge < -0.3 is 10.4 Å². The maximum absolute atomic E-state index is 9.20. The van der Waals surface area contributed by atoms with Crippen LogP contribution in [0.25, 0.3) is 0 Å². The number of aliphatic hydroxyl groups is 1. The summed E-state index contributed by atoms with van der Waals surface area (Å²) in [6, 6.07) is 0. The normalized spacial score (nSPS) is 23.2. The molecule has 1 saturated carbocycles. The van der Waals surface area contributed by atoms with E-state index in [0.717, 1.165) is 25.9 Å². The van der Waals surface area contributed by atoms with Crippen molar-refractivity contribution in [3.8, 4) is 0 Å². The summed E-state index contributed by atoms with van der Waals surface area (Å²) in [5.74, 6) is 0. The molecule has 0 unspecified atom stereocenters. The van der Waals surface area contributed by atoms with Crippen molar-refractivity contribution in [2.75, 3.05) is 13.1 Å². The average Bonchev–Trinajstić information content (AvgIpc) is 2.45. The van der Waals surface area contributed by atoms with Crippen molar-refractivity contribution in [3.63, 3.8) is 0 Å². The zero-order chi connectivity index (χ0) is 6.04. The van der Waals surface area contributed by atoms with E-state index in [1.807, 2.05) is 6.92 Å². The lowest BCUT2D eigenvalue weighted by atomic mass is 10.3. The molecule has 2 nitrogen and oxygen atoms in total. The van der Waals surface area contributed by atoms with E-state index in [2.05, 4.69) is 5.32 Å². The first kappa shape index (κ1) is 6.05. The highest BCUT2D eigenvalue weighted by Gasteiger charge is 2.39. The Morgan fingerprint density at radius 3 is 2.62 bits per heavy atom. The monoisotopic (exact) mass is 115 g/mol. The predicted molar refractivity (Wildman–Crippen MR) is 32.7 cm³/mol. The van der Waals surface area contributed by atoms with E-state index in [0.29, 0.717) is 0 Å². The molecule has 0 aromatic heterocycles. The van der Waals surface area contributed by atoms with Gasteiger partial charge in [0.05, 0.1) is 5.60 Å². The lowest BCUT2D eigenvalue weighted by Crippen LogP contribution is -2.27. The lowest BCUT2D eigenvalue weighted by molar-refractivity contribution is 0.149. The third-order valence-electron chi connectivity index (χ3n) is 1.53. The van der Waals surface area contributed by atoms with Crippen LogP contribution in [0.1, 0.15) is 19.8 Å². The molecule has 8 heavy (non-hydrogen) atoms. The highest BCUT2D eigenvalue weighted by Crippen LogP contribution is 2.33. The molecule has 1 rings (SSSR count). The molecule has 1 fully saturated rings. The molecule has 0 radical (unpaired) electrons. The fourth-order valence-corrected chi connectivity index (χ4v) is 0.679. The summed E-state index contributed by atoms with van der Waals surface area (Å²) >= 11 is 0. The van der Waals surface area contributed by atoms with Gasteiger partial charge in [-0.2, -0.15) is 0 Å². The van der Waals surface area contributed by atoms with Crippen LogP contribution in [0.2, 0.25) is 0 Å². The second kappa shape index (κ2) is 2.03. The topological polar surface area (TPSA) is 32.3 Å². The number of hydrogen-bond donors (Lipinski definition) is 2. The van der Waals surface area contributed by atoms with Crippen molar-refractivity contribution in [2.45, 2.75) is 25.4 Å². The van der Waals surface area contributed by atoms with Crippen LogP contribution in [0.15, 0.2) is 0 Å². The maximum Gasteiger partial charge on any atom is 0.0773 e. The third-order valence-corrected chi connectivity index (χ3v) is 1.53. The van der Waals surface area contributed by atoms with Crippen LogP contribution in [0.4, 0.5) is 0 Å². The van der Waals surface area contributed by atoms with Gasteiger partial charge in [-0.1, -0.05) is 6.92 Å². The van der Waals surface area contributed by atoms with Crippen molar-refractivity contribution in [3.05, 3.63) is 0 Å². The second-order valence-corrected chi connectivity index (χ2v) is 2.50. The molecule has 1 aliphatic rings. The van der Waals surface area contributed by atoms with Crippen molar-refractivity contribution in [1.29, 1.82) is 0 Å². The molecular weight excluding hydrogens is 102 g/mol. The summed E-state index contributed by atoms with van der Waals surface area (Å²) in [5.41, 5.74) is -0.310. The Kier molecular flexibility index (Phi) is 1.54. The Morgan fingerprint density at radius 2 is 2.25 bits per heavy atom. The molecule has 0 heterocycles. The van der Waals surface area contributed by atoms with Gasteiger partial charge in [-0.05, 0) is 19.4 Å². The molecule has 0 atom stereocenters. The fourth-order valence-electron chi connectivity index (χ4n) is 0.679. The predicted octanol–water partition coefficient (Wildman–Crippen LogP) is 0.121. The van der Waals surface area contributed by atoms with E-state index < -0.39 is 0 Å². The molecule has 0 aromatic rings. The van der Waals surface area contributed by atoms with Gasteiger partial charge in [-0.25, -0.2) is 0 Å². The molecule has 0 aromatic carbocycles. The Labute approximate surface area is 49.9 Å². The number of rotatable bonds is 3. The van der Waals surface area contributed by atoms with E-state index in [9.17, 15) is 5.11 Å². The lowest BCUT2D eigenvalue weighted by Gasteiger charge is -2.05. The fraction of sp³-hybridized carbons (Fsp3) is 1.00. The summed E-state index contributed by atoms with van der Waals surface area (Å²) in [7, 11) is 0. The van der Waals surface area contributed by atoms with E-state index in [4.69, 9.17) is 0 Å². The van der Waals surface area contributed by atoms with Gasteiger partial charge >= 0.3 is 0 Å². The minimum atomic E-state index is -0.310. The first-order valence-corrected chi connectivity index (χ1v) is 3.20. The molecule has 48 valence electrons. The summed E-state index contributed by atoms with van der Waals surface area (Å²) in [4.78, 5) is 0. The Bertz CT molecular complexity index is 78.6. The van der Waals surface area contributed by atoms with Crippen LogP contribution in [-0.4, -0.2) is 23.8 Å². The average molecular weight is 115 g/mol. The van der Waals surface area contributed by atoms with Crippen molar-refractivity contribution in [2.24, 2.45) is 0 Å². The van der Waals surface area contributed by atoms with Crippen LogP contribution in [0.5, 0.6) is 0 Å². The smallest absolute Gasteiger partial charge is 0.0773 e. The summed E-state index contributed by atoms with van der Waals surface area (Å²) in [6.45, 7) is 3.79. The van der Waals surface area contributed by atoms with Gasteiger partial charge in [0.2, 0.25) is 0 Å². The Hall–Kier alpha value is -0.0800. The van der Waals surface area contributed by atoms with Crippen molar-refractivity contribution < 1.29 is 5.11 Å². The molecular formula is C6H13NO. The van der Waals surface area contributed by atoms with Gasteiger partial charge in [0.1, 0.15) is 0 Å². The van der Waals surface area contributed by atoms with Crippen LogP contribution in [0.3, 0.4) is 0 Å². The van der Waals surface area contributed by atoms with Crippen LogP contribution >= 0.6 is 0 Å². The molecule has 2 heteroatoms. The Morgan fingerprint density at radius 1 is 1.62 bits per heavy atom. The molecule has 0 aliphatic heterocycles. The van der Waals surface area contributed by atoms with Gasteiger partial charge in [0, 0.05) is 6.54 Å². The maximum atomic E-state index is 9.20. The molecule has 0 amide bonds. The zero-order valence-electron chi connectivity index (χ0n) is 5.28. The third kappa shape index (κ3) is 1.46. The van der Waals surface area contributed by atoms with E-state index in [-0.39, 0.29) is 5.60 Å². The minimum absolute atomic E-state index is 0.310. The zero-order valence-corrected chi connectivity index (χ0v) is 5.28. The highest BCUT2D eigenvalue weighted by atomic mass is 16.3. The number of nitrogens with one attached hydrogen (secondary N) is 1. The largest absolute Gasteiger partial charge is 0.389 e. The highest BCUT2D eigenvalue weighted by molar-refractivity contribution is 4.94. The first-order valence-electron chi connectivity index (χ1n) is 3.20. The minimum Gasteiger partial charge on any atom is -0.389 e. The van der Waals surface area contributed by atoms with E-state index in [1.54, 1.807) is 0 Å². The quantitative estimate of drug-likeness (QED) is 0.547. The van der Waals surface area contributed by atoms with Crippen LogP contribution < -0.4 is 5.32 Å². The SMILES string of the molecule is CCNCC1(O)CC1. The number of likely N-dealkylation sites (N-methyl/N-ethyl adjacent to an activating group) is 1. The molecule has 0 bridgehead atoms. The van der Waals surface area contributed by atoms with Gasteiger partial charge in [-0.3, -0.25) is 0 Å². The molecule has 1 aliphatic carbocycles. The van der Waals surface area contributed by atoms with Gasteiger partial charge in [-0.15, -0.1) is 0 Å². The molecule has 0 spiro atoms. The van der Waals surface area contributed by atoms with Gasteiger partial charge in [0.25, 0.3) is 0 Å². The van der Waals surface area contributed by atoms with Crippen molar-refractivity contribution in [1.82, 2.24) is 5.32 Å². The Balaban J connectivity index is 2.01. The summed E-state index contributed by atoms with van der Waals surface area (Å²) in [6.07, 6.45) is 1.97. The van der Waals surface area contributed by atoms with Crippen LogP contribution in [-0.2, 0) is 0 Å². The van der Waals surface area contributed by atoms with Crippen molar-refractivity contribution >= 4 is 0 Å².